The summed E-state index contributed by atoms with van der Waals surface area (Å²) in [6.07, 6.45) is 1.34. The van der Waals surface area contributed by atoms with Crippen molar-refractivity contribution in [2.45, 2.75) is 84.7 Å². The summed E-state index contributed by atoms with van der Waals surface area (Å²) in [5.41, 5.74) is 0.358. The number of amides is 2. The maximum atomic E-state index is 13.1. The topological polar surface area (TPSA) is 126 Å². The van der Waals surface area contributed by atoms with Crippen LogP contribution in [0.1, 0.15) is 82.6 Å². The number of piperidine rings is 2. The van der Waals surface area contributed by atoms with Gasteiger partial charge in [-0.05, 0) is 58.6 Å². The van der Waals surface area contributed by atoms with Gasteiger partial charge in [0.15, 0.2) is 5.78 Å². The maximum Gasteiger partial charge on any atom is 0.410 e. The van der Waals surface area contributed by atoms with Crippen molar-refractivity contribution in [1.29, 1.82) is 5.26 Å². The van der Waals surface area contributed by atoms with Crippen LogP contribution in [0.2, 0.25) is 0 Å². The zero-order valence-electron chi connectivity index (χ0n) is 24.2. The van der Waals surface area contributed by atoms with Gasteiger partial charge in [0, 0.05) is 56.9 Å². The molecule has 0 spiro atoms. The predicted molar refractivity (Wildman–Crippen MR) is 146 cm³/mol. The molecule has 2 saturated heterocycles. The molecule has 1 aromatic carbocycles. The highest BCUT2D eigenvalue weighted by molar-refractivity contribution is 5.98. The summed E-state index contributed by atoms with van der Waals surface area (Å²) in [4.78, 5) is 53.6. The van der Waals surface area contributed by atoms with E-state index in [0.29, 0.717) is 50.1 Å². The smallest absolute Gasteiger partial charge is 0.410 e. The Kier molecular flexibility index (Phi) is 10.7. The summed E-state index contributed by atoms with van der Waals surface area (Å²) in [6.45, 7) is 10.4. The van der Waals surface area contributed by atoms with Gasteiger partial charge in [-0.25, -0.2) is 4.79 Å². The third-order valence-electron chi connectivity index (χ3n) is 7.11. The van der Waals surface area contributed by atoms with Crippen LogP contribution < -0.4 is 0 Å². The molecule has 40 heavy (non-hydrogen) atoms. The second-order valence-electron chi connectivity index (χ2n) is 11.7. The molecule has 10 heteroatoms. The molecule has 3 rings (SSSR count). The highest BCUT2D eigenvalue weighted by atomic mass is 16.7. The number of esters is 1. The normalized spacial score (nSPS) is 19.8. The molecular formula is C30H41N3O7. The molecule has 0 saturated carbocycles. The minimum Gasteiger partial charge on any atom is -0.444 e. The van der Waals surface area contributed by atoms with E-state index in [4.69, 9.17) is 19.5 Å². The third-order valence-corrected chi connectivity index (χ3v) is 7.11. The van der Waals surface area contributed by atoms with E-state index in [9.17, 15) is 19.2 Å². The number of hydrogen-bond donors (Lipinski definition) is 0. The van der Waals surface area contributed by atoms with Gasteiger partial charge in [0.25, 0.3) is 0 Å². The highest BCUT2D eigenvalue weighted by Crippen LogP contribution is 2.28. The summed E-state index contributed by atoms with van der Waals surface area (Å²) < 4.78 is 17.3. The van der Waals surface area contributed by atoms with Crippen LogP contribution in [0.5, 0.6) is 0 Å². The van der Waals surface area contributed by atoms with Crippen LogP contribution in [0.15, 0.2) is 24.3 Å². The van der Waals surface area contributed by atoms with Crippen LogP contribution in [0.4, 0.5) is 4.79 Å². The second-order valence-corrected chi connectivity index (χ2v) is 11.7. The van der Waals surface area contributed by atoms with Crippen molar-refractivity contribution < 1.29 is 33.4 Å². The molecule has 0 aliphatic carbocycles. The Balaban J connectivity index is 1.52. The fourth-order valence-electron chi connectivity index (χ4n) is 5.05. The van der Waals surface area contributed by atoms with Crippen LogP contribution >= 0.6 is 0 Å². The zero-order chi connectivity index (χ0) is 29.4. The molecule has 0 N–H and O–H groups in total. The number of nitrogens with zero attached hydrogens (tertiary/aromatic N) is 3. The number of ether oxygens (including phenoxy) is 3. The number of rotatable bonds is 8. The van der Waals surface area contributed by atoms with Crippen LogP contribution in [0.3, 0.4) is 0 Å². The molecule has 2 aliphatic rings. The molecule has 1 aromatic rings. The number of nitriles is 1. The summed E-state index contributed by atoms with van der Waals surface area (Å²) in [7, 11) is 0. The first-order chi connectivity index (χ1) is 18.9. The lowest BCUT2D eigenvalue weighted by Crippen LogP contribution is -2.49. The molecule has 2 aliphatic heterocycles. The van der Waals surface area contributed by atoms with Gasteiger partial charge in [-0.15, -0.1) is 0 Å². The lowest BCUT2D eigenvalue weighted by Gasteiger charge is -2.39. The van der Waals surface area contributed by atoms with Crippen LogP contribution in [-0.2, 0) is 23.8 Å². The van der Waals surface area contributed by atoms with E-state index in [1.54, 1.807) is 41.0 Å². The van der Waals surface area contributed by atoms with Gasteiger partial charge in [-0.1, -0.05) is 19.1 Å². The second kappa shape index (κ2) is 13.8. The van der Waals surface area contributed by atoms with E-state index in [2.05, 4.69) is 0 Å². The molecule has 0 radical (unpaired) electrons. The standard InChI is InChI=1S/C30H41N3O7/c1-20(17-26(35)23-10-8-22(18-31)9-11-23)27(36)32-15-12-25(13-16-32)39-28(38-21(2)34)24-7-6-14-33(19-24)29(37)40-30(3,4)5/h8-11,20,24-25,28H,6-7,12-17,19H2,1-5H3/t20-,24?,28?/m1/s1. The van der Waals surface area contributed by atoms with Crippen molar-refractivity contribution in [2.24, 2.45) is 11.8 Å². The summed E-state index contributed by atoms with van der Waals surface area (Å²) in [5, 5.41) is 8.93. The minimum atomic E-state index is -0.793. The minimum absolute atomic E-state index is 0.0859. The Hall–Kier alpha value is -3.45. The lowest BCUT2D eigenvalue weighted by molar-refractivity contribution is -0.211. The number of benzene rings is 1. The van der Waals surface area contributed by atoms with E-state index in [1.807, 2.05) is 26.8 Å². The fourth-order valence-corrected chi connectivity index (χ4v) is 5.05. The van der Waals surface area contributed by atoms with Gasteiger partial charge in [0.05, 0.1) is 17.7 Å². The number of Topliss-reactive ketones (excluding diaryl/α,β-unsaturated/α-hetero) is 1. The van der Waals surface area contributed by atoms with E-state index in [0.717, 1.165) is 12.8 Å². The highest BCUT2D eigenvalue weighted by Gasteiger charge is 2.36. The molecule has 3 atom stereocenters. The van der Waals surface area contributed by atoms with E-state index in [1.165, 1.54) is 6.92 Å². The predicted octanol–water partition coefficient (Wildman–Crippen LogP) is 4.31. The number of carbonyl (C=O) groups is 4. The van der Waals surface area contributed by atoms with Gasteiger partial charge in [-0.3, -0.25) is 14.4 Å². The SMILES string of the molecule is CC(=O)OC(OC1CCN(C(=O)[C@H](C)CC(=O)c2ccc(C#N)cc2)CC1)C1CCCN(C(=O)OC(C)(C)C)C1. The average molecular weight is 556 g/mol. The molecule has 0 aromatic heterocycles. The van der Waals surface area contributed by atoms with Crippen LogP contribution in [-0.4, -0.2) is 77.7 Å². The number of hydrogen-bond acceptors (Lipinski definition) is 8. The number of likely N-dealkylation sites (tertiary alicyclic amines) is 2. The lowest BCUT2D eigenvalue weighted by atomic mass is 9.96. The van der Waals surface area contributed by atoms with Crippen molar-refractivity contribution in [3.8, 4) is 6.07 Å². The number of carbonyl (C=O) groups excluding carboxylic acids is 4. The van der Waals surface area contributed by atoms with E-state index < -0.39 is 29.9 Å². The monoisotopic (exact) mass is 555 g/mol. The van der Waals surface area contributed by atoms with Gasteiger partial charge in [0.2, 0.25) is 12.2 Å². The Labute approximate surface area is 236 Å². The van der Waals surface area contributed by atoms with E-state index in [-0.39, 0.29) is 30.1 Å². The summed E-state index contributed by atoms with van der Waals surface area (Å²) in [6, 6.07) is 8.43. The average Bonchev–Trinajstić information content (AvgIpc) is 2.91. The molecule has 218 valence electrons. The van der Waals surface area contributed by atoms with Crippen molar-refractivity contribution in [1.82, 2.24) is 9.80 Å². The molecule has 2 fully saturated rings. The zero-order valence-corrected chi connectivity index (χ0v) is 24.2. The van der Waals surface area contributed by atoms with Gasteiger partial charge < -0.3 is 24.0 Å². The third kappa shape index (κ3) is 9.05. The van der Waals surface area contributed by atoms with Crippen LogP contribution in [0.25, 0.3) is 0 Å². The van der Waals surface area contributed by atoms with Gasteiger partial charge in [-0.2, -0.15) is 5.26 Å². The van der Waals surface area contributed by atoms with Gasteiger partial charge in [0.1, 0.15) is 5.60 Å². The van der Waals surface area contributed by atoms with Crippen molar-refractivity contribution in [2.75, 3.05) is 26.2 Å². The first-order valence-electron chi connectivity index (χ1n) is 14.0. The Morgan fingerprint density at radius 1 is 1.02 bits per heavy atom. The molecule has 2 unspecified atom stereocenters. The van der Waals surface area contributed by atoms with Crippen molar-refractivity contribution in [3.05, 3.63) is 35.4 Å². The van der Waals surface area contributed by atoms with Gasteiger partial charge >= 0.3 is 12.1 Å². The Morgan fingerprint density at radius 2 is 1.68 bits per heavy atom. The largest absolute Gasteiger partial charge is 0.444 e. The summed E-state index contributed by atoms with van der Waals surface area (Å²) >= 11 is 0. The molecule has 2 amide bonds. The Bertz CT molecular complexity index is 1100. The first-order valence-corrected chi connectivity index (χ1v) is 14.0. The number of ketones is 1. The Morgan fingerprint density at radius 3 is 2.25 bits per heavy atom. The maximum absolute atomic E-state index is 13.1. The van der Waals surface area contributed by atoms with E-state index >= 15 is 0 Å². The van der Waals surface area contributed by atoms with Crippen molar-refractivity contribution >= 4 is 23.8 Å². The van der Waals surface area contributed by atoms with Crippen molar-refractivity contribution in [3.63, 3.8) is 0 Å². The molecule has 2 heterocycles. The molecule has 0 bridgehead atoms. The first kappa shape index (κ1) is 31.1. The quantitative estimate of drug-likeness (QED) is 0.264. The summed E-state index contributed by atoms with van der Waals surface area (Å²) in [5.74, 6) is -1.33. The molecular weight excluding hydrogens is 514 g/mol. The molecule has 10 nitrogen and oxygen atoms in total. The fraction of sp³-hybridized carbons (Fsp3) is 0.633. The van der Waals surface area contributed by atoms with Crippen LogP contribution in [0, 0.1) is 23.2 Å².